The molecule has 0 aliphatic carbocycles. The maximum atomic E-state index is 15.2. The molecule has 0 nitrogen and oxygen atoms in total. The van der Waals surface area contributed by atoms with Gasteiger partial charge in [0.25, 0.3) is 0 Å². The average Bonchev–Trinajstić information content (AvgIpc) is 2.91. The largest absolute Gasteiger partial charge is 0.334 e. The van der Waals surface area contributed by atoms with E-state index in [1.807, 2.05) is 0 Å². The quantitative estimate of drug-likeness (QED) is 0.130. The lowest BCUT2D eigenvalue weighted by atomic mass is 9.83. The molecule has 3 aromatic carbocycles. The number of hydrogen-bond donors (Lipinski definition) is 0. The summed E-state index contributed by atoms with van der Waals surface area (Å²) in [7, 11) is 0. The van der Waals surface area contributed by atoms with Gasteiger partial charge < -0.3 is 0 Å². The highest BCUT2D eigenvalue weighted by atomic mass is 27.2. The molecule has 3 aromatic rings. The van der Waals surface area contributed by atoms with Gasteiger partial charge in [0.15, 0.2) is 75.6 Å². The maximum Gasteiger partial charge on any atom is 0.334 e. The Kier molecular flexibility index (Phi) is 7.44. The van der Waals surface area contributed by atoms with E-state index in [9.17, 15) is 48.3 Å². The van der Waals surface area contributed by atoms with Gasteiger partial charge in [-0.05, 0) is 8.70 Å². The fraction of sp³-hybridized carbons (Fsp3) is 0.217. The second-order valence-electron chi connectivity index (χ2n) is 8.64. The van der Waals surface area contributed by atoms with Crippen molar-refractivity contribution in [1.82, 2.24) is 0 Å². The molecular weight excluding hydrogens is 588 g/mol. The third-order valence-corrected chi connectivity index (χ3v) is 11.1. The van der Waals surface area contributed by atoms with Gasteiger partial charge in [0.05, 0.1) is 0 Å². The van der Waals surface area contributed by atoms with Crippen molar-refractivity contribution in [3.05, 3.63) is 98.4 Å². The molecule has 16 heteroatoms. The van der Waals surface area contributed by atoms with Crippen molar-refractivity contribution in [3.63, 3.8) is 0 Å². The molecule has 1 aliphatic rings. The highest BCUT2D eigenvalue weighted by molar-refractivity contribution is 6.77. The zero-order valence-electron chi connectivity index (χ0n) is 18.6. The predicted octanol–water partition coefficient (Wildman–Crippen LogP) is 7.18. The van der Waals surface area contributed by atoms with Crippen LogP contribution in [-0.2, 0) is 4.28 Å². The van der Waals surface area contributed by atoms with E-state index in [0.717, 1.165) is 0 Å². The number of halogens is 15. The van der Waals surface area contributed by atoms with Crippen molar-refractivity contribution < 1.29 is 65.9 Å². The molecular formula is C23H8AlF15. The Morgan fingerprint density at radius 1 is 0.359 bits per heavy atom. The summed E-state index contributed by atoms with van der Waals surface area (Å²) in [6.07, 6.45) is -2.11. The van der Waals surface area contributed by atoms with E-state index in [-0.39, 0.29) is 6.42 Å². The van der Waals surface area contributed by atoms with Gasteiger partial charge in [0, 0.05) is 11.1 Å². The highest BCUT2D eigenvalue weighted by Crippen LogP contribution is 2.50. The number of rotatable bonds is 3. The van der Waals surface area contributed by atoms with Crippen molar-refractivity contribution in [3.8, 4) is 0 Å². The van der Waals surface area contributed by atoms with Gasteiger partial charge in [0.1, 0.15) is 0 Å². The second kappa shape index (κ2) is 9.96. The molecule has 1 aliphatic heterocycles. The van der Waals surface area contributed by atoms with Crippen molar-refractivity contribution >= 4 is 18.6 Å². The third-order valence-electron chi connectivity index (χ3n) is 6.81. The standard InChI is InChI=1S/C17H8F10.C6F5.Al/c1-2-3-4-5(6-8(18)12(22)16(26)13(23)9(6)19)7-10(20)14(24)17(27)15(25)11(7)21;7-2-1-3(8)5(10)6(11)4(2)9;/h1-4H2;;. The maximum absolute atomic E-state index is 15.2. The minimum atomic E-state index is -4.84. The van der Waals surface area contributed by atoms with E-state index < -0.39 is 139 Å². The van der Waals surface area contributed by atoms with E-state index in [1.165, 1.54) is 0 Å². The van der Waals surface area contributed by atoms with Crippen LogP contribution in [0.5, 0.6) is 0 Å². The Morgan fingerprint density at radius 3 is 0.974 bits per heavy atom. The van der Waals surface area contributed by atoms with Crippen molar-refractivity contribution in [1.29, 1.82) is 0 Å². The molecule has 0 spiro atoms. The molecule has 0 bridgehead atoms. The fourth-order valence-electron chi connectivity index (χ4n) is 5.21. The molecule has 0 saturated carbocycles. The van der Waals surface area contributed by atoms with Crippen molar-refractivity contribution in [2.75, 3.05) is 0 Å². The Hall–Kier alpha value is -2.86. The van der Waals surface area contributed by atoms with Gasteiger partial charge in [-0.25, -0.2) is 65.9 Å². The van der Waals surface area contributed by atoms with Crippen LogP contribution in [0.2, 0.25) is 5.28 Å². The lowest BCUT2D eigenvalue weighted by Crippen LogP contribution is -2.58. The minimum absolute atomic E-state index is 0.317. The van der Waals surface area contributed by atoms with Crippen molar-refractivity contribution in [2.24, 2.45) is 0 Å². The zero-order chi connectivity index (χ0) is 29.3. The van der Waals surface area contributed by atoms with E-state index in [0.29, 0.717) is 0 Å². The van der Waals surface area contributed by atoms with Gasteiger partial charge in [0.2, 0.25) is 11.6 Å². The molecule has 0 unspecified atom stereocenters. The van der Waals surface area contributed by atoms with Crippen LogP contribution in [0.1, 0.15) is 30.4 Å². The van der Waals surface area contributed by atoms with Gasteiger partial charge in [-0.2, -0.15) is 0 Å². The zero-order valence-corrected chi connectivity index (χ0v) is 19.7. The van der Waals surface area contributed by atoms with Crippen LogP contribution in [0.15, 0.2) is 0 Å². The predicted molar refractivity (Wildman–Crippen MR) is 104 cm³/mol. The molecule has 1 saturated heterocycles. The number of benzene rings is 3. The van der Waals surface area contributed by atoms with Gasteiger partial charge in [-0.1, -0.05) is 24.5 Å². The summed E-state index contributed by atoms with van der Waals surface area (Å²) in [5, 5.41) is -0.892. The molecule has 208 valence electrons. The number of hydrogen-bond acceptors (Lipinski definition) is 0. The Bertz CT molecular complexity index is 1380. The van der Waals surface area contributed by atoms with Gasteiger partial charge >= 0.3 is 14.1 Å². The first-order valence-corrected chi connectivity index (χ1v) is 12.6. The third kappa shape index (κ3) is 3.93. The second-order valence-corrected chi connectivity index (χ2v) is 11.9. The van der Waals surface area contributed by atoms with Crippen molar-refractivity contribution in [2.45, 2.75) is 28.8 Å². The Labute approximate surface area is 212 Å². The lowest BCUT2D eigenvalue weighted by Gasteiger charge is -2.43. The molecule has 0 N–H and O–H groups in total. The van der Waals surface area contributed by atoms with Gasteiger partial charge in [-0.3, -0.25) is 0 Å². The monoisotopic (exact) mass is 596 g/mol. The summed E-state index contributed by atoms with van der Waals surface area (Å²) in [5.74, 6) is -41.4. The van der Waals surface area contributed by atoms with E-state index >= 15 is 17.6 Å². The first-order valence-electron chi connectivity index (χ1n) is 10.7. The summed E-state index contributed by atoms with van der Waals surface area (Å²) in [6, 6.07) is 0. The lowest BCUT2D eigenvalue weighted by molar-refractivity contribution is 0.336. The topological polar surface area (TPSA) is 0 Å². The van der Waals surface area contributed by atoms with Gasteiger partial charge in [-0.15, -0.1) is 0 Å². The first kappa shape index (κ1) is 29.1. The normalized spacial score (nSPS) is 15.3. The molecule has 39 heavy (non-hydrogen) atoms. The molecule has 0 aromatic heterocycles. The van der Waals surface area contributed by atoms with Crippen LogP contribution >= 0.6 is 0 Å². The molecule has 0 amide bonds. The van der Waals surface area contributed by atoms with Crippen LogP contribution in [0.3, 0.4) is 0 Å². The van der Waals surface area contributed by atoms with Crippen LogP contribution < -0.4 is 4.43 Å². The molecule has 1 heterocycles. The Morgan fingerprint density at radius 2 is 0.641 bits per heavy atom. The molecule has 4 rings (SSSR count). The molecule has 0 radical (unpaired) electrons. The Balaban J connectivity index is 2.32. The first-order chi connectivity index (χ1) is 18.1. The SMILES string of the molecule is Fc1c(F)c(F)[c]([Al]2[CH2]CCC[C]2(c2c(F)c(F)c(F)c(F)c2F)c2c(F)c(F)c(F)c(F)c2F)c(F)c1F. The van der Waals surface area contributed by atoms with Crippen LogP contribution in [0.4, 0.5) is 65.9 Å². The van der Waals surface area contributed by atoms with E-state index in [2.05, 4.69) is 0 Å². The summed E-state index contributed by atoms with van der Waals surface area (Å²) in [5.41, 5.74) is -4.47. The highest BCUT2D eigenvalue weighted by Gasteiger charge is 2.58. The fourth-order valence-corrected chi connectivity index (χ4v) is 9.80. The smallest absolute Gasteiger partial charge is 0.205 e. The summed E-state index contributed by atoms with van der Waals surface area (Å²) in [6.45, 7) is 0. The summed E-state index contributed by atoms with van der Waals surface area (Å²) < 4.78 is 212. The van der Waals surface area contributed by atoms with E-state index in [4.69, 9.17) is 0 Å². The molecule has 0 atom stereocenters. The summed E-state index contributed by atoms with van der Waals surface area (Å²) >= 11 is -4.84. The minimum Gasteiger partial charge on any atom is -0.205 e. The van der Waals surface area contributed by atoms with Crippen LogP contribution in [0, 0.1) is 87.3 Å². The van der Waals surface area contributed by atoms with E-state index in [1.54, 1.807) is 0 Å². The molecule has 1 fully saturated rings. The van der Waals surface area contributed by atoms with Crippen LogP contribution in [0.25, 0.3) is 0 Å². The average molecular weight is 596 g/mol. The summed E-state index contributed by atoms with van der Waals surface area (Å²) in [4.78, 5) is 0. The van der Waals surface area contributed by atoms with Crippen LogP contribution in [-0.4, -0.2) is 14.1 Å².